The highest BCUT2D eigenvalue weighted by Crippen LogP contribution is 2.22. The Morgan fingerprint density at radius 3 is 2.76 bits per heavy atom. The summed E-state index contributed by atoms with van der Waals surface area (Å²) in [6.07, 6.45) is 1.53. The quantitative estimate of drug-likeness (QED) is 0.857. The fourth-order valence-corrected chi connectivity index (χ4v) is 1.71. The maximum Gasteiger partial charge on any atom is 0.256 e. The van der Waals surface area contributed by atoms with Crippen molar-refractivity contribution in [1.29, 1.82) is 5.26 Å². The third kappa shape index (κ3) is 2.08. The molecule has 4 heteroatoms. The zero-order valence-electron chi connectivity index (χ0n) is 8.90. The smallest absolute Gasteiger partial charge is 0.256 e. The second-order valence-corrected chi connectivity index (χ2v) is 3.52. The summed E-state index contributed by atoms with van der Waals surface area (Å²) in [6.45, 7) is 0. The van der Waals surface area contributed by atoms with Crippen molar-refractivity contribution in [3.05, 3.63) is 58.3 Å². The van der Waals surface area contributed by atoms with Gasteiger partial charge in [0, 0.05) is 11.8 Å². The van der Waals surface area contributed by atoms with E-state index in [-0.39, 0.29) is 23.1 Å². The van der Waals surface area contributed by atoms with Crippen molar-refractivity contribution < 1.29 is 4.39 Å². The summed E-state index contributed by atoms with van der Waals surface area (Å²) < 4.78 is 13.6. The van der Waals surface area contributed by atoms with Gasteiger partial charge in [-0.3, -0.25) is 4.79 Å². The lowest BCUT2D eigenvalue weighted by molar-refractivity contribution is 0.631. The molecule has 1 aromatic carbocycles. The summed E-state index contributed by atoms with van der Waals surface area (Å²) in [5.41, 5.74) is 0.593. The predicted molar refractivity (Wildman–Crippen MR) is 61.8 cm³/mol. The van der Waals surface area contributed by atoms with Gasteiger partial charge in [-0.25, -0.2) is 4.39 Å². The van der Waals surface area contributed by atoms with Crippen LogP contribution >= 0.6 is 0 Å². The fraction of sp³-hybridized carbons (Fsp3) is 0.0769. The number of pyridine rings is 1. The highest BCUT2D eigenvalue weighted by Gasteiger charge is 2.12. The molecule has 0 aliphatic carbocycles. The van der Waals surface area contributed by atoms with Gasteiger partial charge in [0.05, 0.1) is 18.1 Å². The monoisotopic (exact) mass is 228 g/mol. The number of H-pyrrole nitrogens is 1. The van der Waals surface area contributed by atoms with E-state index in [0.29, 0.717) is 5.56 Å². The minimum atomic E-state index is -0.469. The van der Waals surface area contributed by atoms with Gasteiger partial charge in [-0.05, 0) is 17.7 Å². The summed E-state index contributed by atoms with van der Waals surface area (Å²) in [6, 6.07) is 9.61. The Bertz CT molecular complexity index is 640. The average Bonchev–Trinajstić information content (AvgIpc) is 2.31. The molecule has 0 spiro atoms. The number of hydrogen-bond donors (Lipinski definition) is 1. The van der Waals surface area contributed by atoms with Gasteiger partial charge in [-0.2, -0.15) is 5.26 Å². The molecular weight excluding hydrogens is 219 g/mol. The van der Waals surface area contributed by atoms with Gasteiger partial charge in [0.15, 0.2) is 0 Å². The molecule has 84 valence electrons. The minimum absolute atomic E-state index is 0.0770. The van der Waals surface area contributed by atoms with E-state index in [9.17, 15) is 9.18 Å². The zero-order valence-corrected chi connectivity index (χ0v) is 8.90. The lowest BCUT2D eigenvalue weighted by Gasteiger charge is -2.06. The van der Waals surface area contributed by atoms with Crippen molar-refractivity contribution >= 4 is 0 Å². The van der Waals surface area contributed by atoms with E-state index in [1.165, 1.54) is 18.3 Å². The van der Waals surface area contributed by atoms with Crippen molar-refractivity contribution in [3.63, 3.8) is 0 Å². The minimum Gasteiger partial charge on any atom is -0.329 e. The SMILES string of the molecule is N#CCc1cc[nH]c(=O)c1-c1ccccc1F. The number of nitrogens with zero attached hydrogens (tertiary/aromatic N) is 1. The van der Waals surface area contributed by atoms with Crippen molar-refractivity contribution in [2.24, 2.45) is 0 Å². The Balaban J connectivity index is 2.71. The molecule has 0 amide bonds. The molecule has 0 radical (unpaired) electrons. The van der Waals surface area contributed by atoms with Gasteiger partial charge >= 0.3 is 0 Å². The van der Waals surface area contributed by atoms with E-state index in [2.05, 4.69) is 4.98 Å². The third-order valence-electron chi connectivity index (χ3n) is 2.46. The first kappa shape index (κ1) is 11.1. The van der Waals surface area contributed by atoms with Gasteiger partial charge in [0.25, 0.3) is 5.56 Å². The number of nitrogens with one attached hydrogen (secondary N) is 1. The second-order valence-electron chi connectivity index (χ2n) is 3.52. The molecule has 0 unspecified atom stereocenters. The highest BCUT2D eigenvalue weighted by molar-refractivity contribution is 5.67. The Morgan fingerprint density at radius 1 is 1.29 bits per heavy atom. The van der Waals surface area contributed by atoms with Gasteiger partial charge < -0.3 is 4.98 Å². The van der Waals surface area contributed by atoms with Crippen LogP contribution < -0.4 is 5.56 Å². The molecule has 0 atom stereocenters. The Morgan fingerprint density at radius 2 is 2.06 bits per heavy atom. The molecule has 0 fully saturated rings. The summed E-state index contributed by atoms with van der Waals surface area (Å²) in [7, 11) is 0. The fourth-order valence-electron chi connectivity index (χ4n) is 1.71. The summed E-state index contributed by atoms with van der Waals surface area (Å²) >= 11 is 0. The second kappa shape index (κ2) is 4.62. The topological polar surface area (TPSA) is 56.6 Å². The van der Waals surface area contributed by atoms with Gasteiger partial charge in [-0.15, -0.1) is 0 Å². The van der Waals surface area contributed by atoms with E-state index in [1.807, 2.05) is 6.07 Å². The van der Waals surface area contributed by atoms with Crippen LogP contribution in [0.2, 0.25) is 0 Å². The first-order valence-corrected chi connectivity index (χ1v) is 5.06. The Hall–Kier alpha value is -2.41. The number of benzene rings is 1. The normalized spacial score (nSPS) is 9.88. The molecule has 1 heterocycles. The van der Waals surface area contributed by atoms with E-state index < -0.39 is 5.82 Å². The van der Waals surface area contributed by atoms with Crippen LogP contribution in [0.1, 0.15) is 5.56 Å². The van der Waals surface area contributed by atoms with Gasteiger partial charge in [0.2, 0.25) is 0 Å². The predicted octanol–water partition coefficient (Wildman–Crippen LogP) is 2.25. The number of aromatic nitrogens is 1. The summed E-state index contributed by atoms with van der Waals surface area (Å²) in [4.78, 5) is 14.2. The lowest BCUT2D eigenvalue weighted by Crippen LogP contribution is -2.11. The molecule has 0 saturated heterocycles. The molecule has 17 heavy (non-hydrogen) atoms. The maximum atomic E-state index is 13.6. The van der Waals surface area contributed by atoms with Crippen LogP contribution in [0.25, 0.3) is 11.1 Å². The zero-order chi connectivity index (χ0) is 12.3. The van der Waals surface area contributed by atoms with E-state index in [4.69, 9.17) is 5.26 Å². The third-order valence-corrected chi connectivity index (χ3v) is 2.46. The van der Waals surface area contributed by atoms with Crippen LogP contribution in [0.5, 0.6) is 0 Å². The van der Waals surface area contributed by atoms with Gasteiger partial charge in [0.1, 0.15) is 5.82 Å². The molecule has 1 aromatic heterocycles. The van der Waals surface area contributed by atoms with Crippen LogP contribution in [0.4, 0.5) is 4.39 Å². The molecule has 2 aromatic rings. The van der Waals surface area contributed by atoms with Crippen LogP contribution in [-0.2, 0) is 6.42 Å². The first-order valence-electron chi connectivity index (χ1n) is 5.06. The largest absolute Gasteiger partial charge is 0.329 e. The van der Waals surface area contributed by atoms with E-state index >= 15 is 0 Å². The standard InChI is InChI=1S/C13H9FN2O/c14-11-4-2-1-3-10(11)12-9(5-7-15)6-8-16-13(12)17/h1-4,6,8H,5H2,(H,16,17). The van der Waals surface area contributed by atoms with Gasteiger partial charge in [-0.1, -0.05) is 18.2 Å². The summed E-state index contributed by atoms with van der Waals surface area (Å²) in [5.74, 6) is -0.469. The van der Waals surface area contributed by atoms with Crippen LogP contribution in [0.15, 0.2) is 41.3 Å². The molecular formula is C13H9FN2O. The first-order chi connectivity index (χ1) is 8.24. The van der Waals surface area contributed by atoms with Crippen LogP contribution in [0, 0.1) is 17.1 Å². The number of nitriles is 1. The Kier molecular flexibility index (Phi) is 3.01. The Labute approximate surface area is 97.2 Å². The number of rotatable bonds is 2. The lowest BCUT2D eigenvalue weighted by atomic mass is 10.00. The molecule has 2 rings (SSSR count). The van der Waals surface area contributed by atoms with Crippen molar-refractivity contribution in [1.82, 2.24) is 4.98 Å². The number of aromatic amines is 1. The molecule has 3 nitrogen and oxygen atoms in total. The van der Waals surface area contributed by atoms with Crippen LogP contribution in [0.3, 0.4) is 0 Å². The maximum absolute atomic E-state index is 13.6. The highest BCUT2D eigenvalue weighted by atomic mass is 19.1. The molecule has 0 saturated carbocycles. The van der Waals surface area contributed by atoms with Crippen molar-refractivity contribution in [2.75, 3.05) is 0 Å². The van der Waals surface area contributed by atoms with Crippen LogP contribution in [-0.4, -0.2) is 4.98 Å². The number of hydrogen-bond acceptors (Lipinski definition) is 2. The molecule has 0 bridgehead atoms. The number of halogens is 1. The van der Waals surface area contributed by atoms with Crippen molar-refractivity contribution in [2.45, 2.75) is 6.42 Å². The molecule has 0 aliphatic rings. The molecule has 0 aliphatic heterocycles. The average molecular weight is 228 g/mol. The van der Waals surface area contributed by atoms with E-state index in [0.717, 1.165) is 0 Å². The summed E-state index contributed by atoms with van der Waals surface area (Å²) in [5, 5.41) is 8.70. The van der Waals surface area contributed by atoms with E-state index in [1.54, 1.807) is 18.2 Å². The molecule has 1 N–H and O–H groups in total. The van der Waals surface area contributed by atoms with Crippen molar-refractivity contribution in [3.8, 4) is 17.2 Å².